The average molecular weight is 257 g/mol. The van der Waals surface area contributed by atoms with Gasteiger partial charge in [0.15, 0.2) is 5.71 Å². The molecule has 98 valence electrons. The van der Waals surface area contributed by atoms with Crippen LogP contribution in [0.2, 0.25) is 0 Å². The molecule has 1 heterocycles. The fraction of sp³-hybridized carbons (Fsp3) is 0.333. The number of rotatable bonds is 0. The van der Waals surface area contributed by atoms with Crippen molar-refractivity contribution < 1.29 is 14.7 Å². The van der Waals surface area contributed by atoms with E-state index in [1.165, 1.54) is 0 Å². The lowest BCUT2D eigenvalue weighted by atomic mass is 9.82. The van der Waals surface area contributed by atoms with Crippen molar-refractivity contribution in [1.82, 2.24) is 0 Å². The van der Waals surface area contributed by atoms with Gasteiger partial charge in [0.25, 0.3) is 0 Å². The van der Waals surface area contributed by atoms with Crippen LogP contribution in [0.5, 0.6) is 0 Å². The Balaban J connectivity index is 2.24. The van der Waals surface area contributed by atoms with E-state index in [1.54, 1.807) is 6.07 Å². The van der Waals surface area contributed by atoms with E-state index >= 15 is 0 Å². The van der Waals surface area contributed by atoms with Gasteiger partial charge < -0.3 is 9.94 Å². The molecule has 0 bridgehead atoms. The summed E-state index contributed by atoms with van der Waals surface area (Å²) in [4.78, 5) is 12.3. The van der Waals surface area contributed by atoms with Crippen LogP contribution in [0.1, 0.15) is 37.8 Å². The number of allylic oxidation sites excluding steroid dienone is 1. The lowest BCUT2D eigenvalue weighted by Crippen LogP contribution is -2.35. The summed E-state index contributed by atoms with van der Waals surface area (Å²) in [6, 6.07) is 7.37. The number of ether oxygens (including phenoxy) is 1. The molecule has 1 aromatic rings. The van der Waals surface area contributed by atoms with Gasteiger partial charge in [-0.1, -0.05) is 29.4 Å². The number of fused-ring (bicyclic) bond motifs is 2. The van der Waals surface area contributed by atoms with Crippen molar-refractivity contribution in [2.24, 2.45) is 5.16 Å². The number of benzene rings is 1. The number of hydrogen-bond donors (Lipinski definition) is 1. The Labute approximate surface area is 111 Å². The first kappa shape index (κ1) is 12.0. The zero-order chi connectivity index (χ0) is 13.6. The van der Waals surface area contributed by atoms with Crippen LogP contribution in [0.25, 0.3) is 5.76 Å². The van der Waals surface area contributed by atoms with Crippen molar-refractivity contribution in [2.75, 3.05) is 0 Å². The molecule has 19 heavy (non-hydrogen) atoms. The first-order valence-electron chi connectivity index (χ1n) is 6.32. The van der Waals surface area contributed by atoms with Crippen molar-refractivity contribution >= 4 is 17.3 Å². The molecule has 2 aliphatic rings. The molecule has 0 saturated heterocycles. The minimum absolute atomic E-state index is 0.109. The number of oxime groups is 1. The summed E-state index contributed by atoms with van der Waals surface area (Å²) in [6.45, 7) is 4.03. The van der Waals surface area contributed by atoms with E-state index in [4.69, 9.17) is 9.94 Å². The second-order valence-corrected chi connectivity index (χ2v) is 5.49. The van der Waals surface area contributed by atoms with Gasteiger partial charge in [0, 0.05) is 16.7 Å². The molecule has 4 heteroatoms. The second-order valence-electron chi connectivity index (χ2n) is 5.49. The van der Waals surface area contributed by atoms with E-state index in [0.29, 0.717) is 23.3 Å². The highest BCUT2D eigenvalue weighted by molar-refractivity contribution is 6.54. The Morgan fingerprint density at radius 3 is 2.63 bits per heavy atom. The highest BCUT2D eigenvalue weighted by atomic mass is 16.5. The molecule has 0 aromatic heterocycles. The summed E-state index contributed by atoms with van der Waals surface area (Å²) in [6.07, 6.45) is 1.42. The molecule has 4 nitrogen and oxygen atoms in total. The van der Waals surface area contributed by atoms with Gasteiger partial charge in [-0.3, -0.25) is 4.79 Å². The standard InChI is InChI=1S/C15H15NO3/c1-15(2)8-7-11-13(17)12(16-18)9-5-3-4-6-10(9)14(11)19-15/h3-6,18H,7-8H2,1-2H3. The quantitative estimate of drug-likeness (QED) is 0.574. The first-order valence-corrected chi connectivity index (χ1v) is 6.32. The predicted molar refractivity (Wildman–Crippen MR) is 71.1 cm³/mol. The molecule has 0 fully saturated rings. The van der Waals surface area contributed by atoms with Crippen LogP contribution < -0.4 is 0 Å². The molecule has 1 aliphatic heterocycles. The fourth-order valence-electron chi connectivity index (χ4n) is 2.61. The normalized spacial score (nSPS) is 22.8. The minimum Gasteiger partial charge on any atom is -0.487 e. The Morgan fingerprint density at radius 1 is 1.26 bits per heavy atom. The highest BCUT2D eigenvalue weighted by Gasteiger charge is 2.38. The maximum absolute atomic E-state index is 12.3. The van der Waals surface area contributed by atoms with E-state index < -0.39 is 0 Å². The van der Waals surface area contributed by atoms with Crippen molar-refractivity contribution in [3.63, 3.8) is 0 Å². The summed E-state index contributed by atoms with van der Waals surface area (Å²) in [7, 11) is 0. The smallest absolute Gasteiger partial charge is 0.215 e. The number of carbonyl (C=O) groups is 1. The molecule has 0 radical (unpaired) electrons. The number of nitrogens with zero attached hydrogens (tertiary/aromatic N) is 1. The first-order chi connectivity index (χ1) is 9.03. The molecule has 1 N–H and O–H groups in total. The van der Waals surface area contributed by atoms with Crippen LogP contribution in [-0.4, -0.2) is 22.3 Å². The van der Waals surface area contributed by atoms with E-state index in [9.17, 15) is 4.79 Å². The van der Waals surface area contributed by atoms with Gasteiger partial charge in [0.05, 0.1) is 0 Å². The number of carbonyl (C=O) groups excluding carboxylic acids is 1. The van der Waals surface area contributed by atoms with Gasteiger partial charge in [-0.05, 0) is 26.7 Å². The van der Waals surface area contributed by atoms with Crippen LogP contribution in [0.4, 0.5) is 0 Å². The summed E-state index contributed by atoms with van der Waals surface area (Å²) in [5.74, 6) is 0.413. The zero-order valence-corrected chi connectivity index (χ0v) is 10.9. The molecule has 1 aliphatic carbocycles. The molecular formula is C15H15NO3. The van der Waals surface area contributed by atoms with E-state index in [-0.39, 0.29) is 17.1 Å². The van der Waals surface area contributed by atoms with E-state index in [1.807, 2.05) is 32.0 Å². The van der Waals surface area contributed by atoms with E-state index in [0.717, 1.165) is 12.0 Å². The predicted octanol–water partition coefficient (Wildman–Crippen LogP) is 2.75. The van der Waals surface area contributed by atoms with Crippen molar-refractivity contribution in [3.05, 3.63) is 41.0 Å². The Kier molecular flexibility index (Phi) is 2.49. The topological polar surface area (TPSA) is 58.9 Å². The van der Waals surface area contributed by atoms with E-state index in [2.05, 4.69) is 5.16 Å². The number of Topliss-reactive ketones (excluding diaryl/α,β-unsaturated/α-hetero) is 1. The summed E-state index contributed by atoms with van der Waals surface area (Å²) in [5.41, 5.74) is 1.91. The minimum atomic E-state index is -0.278. The Bertz CT molecular complexity index is 626. The fourth-order valence-corrected chi connectivity index (χ4v) is 2.61. The van der Waals surface area contributed by atoms with Gasteiger partial charge in [0.2, 0.25) is 5.78 Å². The van der Waals surface area contributed by atoms with Crippen LogP contribution in [-0.2, 0) is 9.53 Å². The van der Waals surface area contributed by atoms with Crippen LogP contribution in [0, 0.1) is 0 Å². The maximum atomic E-state index is 12.3. The van der Waals surface area contributed by atoms with Gasteiger partial charge >= 0.3 is 0 Å². The van der Waals surface area contributed by atoms with Gasteiger partial charge in [-0.15, -0.1) is 0 Å². The zero-order valence-electron chi connectivity index (χ0n) is 10.9. The maximum Gasteiger partial charge on any atom is 0.215 e. The molecule has 0 spiro atoms. The van der Waals surface area contributed by atoms with Gasteiger partial charge in [0.1, 0.15) is 11.4 Å². The van der Waals surface area contributed by atoms with Gasteiger partial charge in [-0.2, -0.15) is 0 Å². The third kappa shape index (κ3) is 1.75. The van der Waals surface area contributed by atoms with Crippen molar-refractivity contribution in [1.29, 1.82) is 0 Å². The van der Waals surface area contributed by atoms with Crippen molar-refractivity contribution in [2.45, 2.75) is 32.3 Å². The molecule has 3 rings (SSSR count). The molecule has 0 amide bonds. The molecule has 0 unspecified atom stereocenters. The average Bonchev–Trinajstić information content (AvgIpc) is 2.38. The van der Waals surface area contributed by atoms with Crippen LogP contribution in [0.15, 0.2) is 35.0 Å². The third-order valence-electron chi connectivity index (χ3n) is 3.65. The molecule has 1 aromatic carbocycles. The Hall–Kier alpha value is -2.10. The molecule has 0 saturated carbocycles. The number of ketones is 1. The number of hydrogen-bond acceptors (Lipinski definition) is 4. The monoisotopic (exact) mass is 257 g/mol. The van der Waals surface area contributed by atoms with Crippen LogP contribution >= 0.6 is 0 Å². The molecular weight excluding hydrogens is 242 g/mol. The SMILES string of the molecule is CC1(C)CCC2=C(O1)c1ccccc1C(=NO)C2=O. The summed E-state index contributed by atoms with van der Waals surface area (Å²) >= 11 is 0. The van der Waals surface area contributed by atoms with Crippen LogP contribution in [0.3, 0.4) is 0 Å². The summed E-state index contributed by atoms with van der Waals surface area (Å²) < 4.78 is 5.99. The largest absolute Gasteiger partial charge is 0.487 e. The lowest BCUT2D eigenvalue weighted by Gasteiger charge is -2.36. The summed E-state index contributed by atoms with van der Waals surface area (Å²) in [5, 5.41) is 12.3. The third-order valence-corrected chi connectivity index (χ3v) is 3.65. The second kappa shape index (κ2) is 3.95. The Morgan fingerprint density at radius 2 is 1.95 bits per heavy atom. The highest BCUT2D eigenvalue weighted by Crippen LogP contribution is 2.41. The molecule has 0 atom stereocenters. The van der Waals surface area contributed by atoms with Gasteiger partial charge in [-0.25, -0.2) is 0 Å². The van der Waals surface area contributed by atoms with Crippen molar-refractivity contribution in [3.8, 4) is 0 Å². The lowest BCUT2D eigenvalue weighted by molar-refractivity contribution is -0.110.